The van der Waals surface area contributed by atoms with Gasteiger partial charge in [0.1, 0.15) is 0 Å². The van der Waals surface area contributed by atoms with Crippen molar-refractivity contribution < 1.29 is 4.84 Å². The van der Waals surface area contributed by atoms with Gasteiger partial charge >= 0.3 is 0 Å². The first-order valence-corrected chi connectivity index (χ1v) is 6.92. The molecule has 0 bridgehead atoms. The first-order valence-electron chi connectivity index (χ1n) is 6.13. The predicted molar refractivity (Wildman–Crippen MR) is 73.9 cm³/mol. The number of benzene rings is 1. The summed E-state index contributed by atoms with van der Waals surface area (Å²) in [6.45, 7) is 6.18. The van der Waals surface area contributed by atoms with Gasteiger partial charge in [-0.15, -0.1) is 0 Å². The largest absolute Gasteiger partial charge is 0.296 e. The molecule has 1 saturated carbocycles. The lowest BCUT2D eigenvalue weighted by molar-refractivity contribution is -0.101. The highest BCUT2D eigenvalue weighted by atomic mass is 79.9. The fourth-order valence-corrected chi connectivity index (χ4v) is 2.42. The molecule has 0 radical (unpaired) electrons. The Hall–Kier alpha value is -0.380. The molecule has 2 nitrogen and oxygen atoms in total. The van der Waals surface area contributed by atoms with E-state index in [2.05, 4.69) is 66.4 Å². The first-order chi connectivity index (χ1) is 7.94. The van der Waals surface area contributed by atoms with Crippen molar-refractivity contribution in [2.45, 2.75) is 51.2 Å². The van der Waals surface area contributed by atoms with E-state index in [1.165, 1.54) is 5.56 Å². The molecule has 0 spiro atoms. The van der Waals surface area contributed by atoms with Crippen molar-refractivity contribution in [3.8, 4) is 0 Å². The summed E-state index contributed by atoms with van der Waals surface area (Å²) in [6.07, 6.45) is 2.32. The van der Waals surface area contributed by atoms with Gasteiger partial charge in [-0.05, 0) is 57.2 Å². The summed E-state index contributed by atoms with van der Waals surface area (Å²) in [5, 5.41) is 0. The van der Waals surface area contributed by atoms with Crippen molar-refractivity contribution in [1.82, 2.24) is 5.48 Å². The van der Waals surface area contributed by atoms with Gasteiger partial charge in [0.2, 0.25) is 0 Å². The molecule has 1 N–H and O–H groups in total. The van der Waals surface area contributed by atoms with Gasteiger partial charge in [0.25, 0.3) is 0 Å². The van der Waals surface area contributed by atoms with Gasteiger partial charge in [-0.25, -0.2) is 0 Å². The molecule has 94 valence electrons. The van der Waals surface area contributed by atoms with Crippen molar-refractivity contribution in [1.29, 1.82) is 0 Å². The third-order valence-electron chi connectivity index (χ3n) is 2.99. The molecule has 0 atom stereocenters. The quantitative estimate of drug-likeness (QED) is 0.851. The highest BCUT2D eigenvalue weighted by molar-refractivity contribution is 9.10. The van der Waals surface area contributed by atoms with E-state index in [-0.39, 0.29) is 5.60 Å². The Kier molecular flexibility index (Phi) is 3.91. The van der Waals surface area contributed by atoms with Crippen LogP contribution in [0, 0.1) is 0 Å². The van der Waals surface area contributed by atoms with E-state index in [0.29, 0.717) is 12.0 Å². The molecular formula is C14H20BrNO. The molecule has 1 fully saturated rings. The van der Waals surface area contributed by atoms with E-state index in [1.807, 2.05) is 0 Å². The fourth-order valence-electron chi connectivity index (χ4n) is 2.01. The van der Waals surface area contributed by atoms with E-state index in [4.69, 9.17) is 4.84 Å². The maximum atomic E-state index is 5.58. The topological polar surface area (TPSA) is 21.3 Å². The van der Waals surface area contributed by atoms with Crippen LogP contribution in [0.25, 0.3) is 0 Å². The van der Waals surface area contributed by atoms with Crippen LogP contribution in [0.2, 0.25) is 0 Å². The minimum Gasteiger partial charge on any atom is -0.296 e. The number of hydrogen-bond donors (Lipinski definition) is 1. The summed E-state index contributed by atoms with van der Waals surface area (Å²) in [5.41, 5.74) is 4.48. The average molecular weight is 298 g/mol. The molecule has 0 saturated heterocycles. The van der Waals surface area contributed by atoms with Crippen molar-refractivity contribution in [3.05, 3.63) is 34.3 Å². The van der Waals surface area contributed by atoms with E-state index in [1.54, 1.807) is 0 Å². The third-order valence-corrected chi connectivity index (χ3v) is 3.48. The van der Waals surface area contributed by atoms with Crippen molar-refractivity contribution >= 4 is 15.9 Å². The standard InChI is InChI=1S/C14H20BrNO/c1-14(2,3)17-16-13-8-11(9-13)10-5-4-6-12(15)7-10/h4-7,11,13,16H,8-9H2,1-3H3. The summed E-state index contributed by atoms with van der Waals surface area (Å²) in [4.78, 5) is 5.58. The Bertz CT molecular complexity index is 380. The Morgan fingerprint density at radius 2 is 2.00 bits per heavy atom. The summed E-state index contributed by atoms with van der Waals surface area (Å²) < 4.78 is 1.16. The number of rotatable bonds is 3. The van der Waals surface area contributed by atoms with Crippen molar-refractivity contribution in [3.63, 3.8) is 0 Å². The number of hydroxylamine groups is 1. The maximum Gasteiger partial charge on any atom is 0.0813 e. The summed E-state index contributed by atoms with van der Waals surface area (Å²) in [7, 11) is 0. The number of nitrogens with one attached hydrogen (secondary N) is 1. The van der Waals surface area contributed by atoms with E-state index < -0.39 is 0 Å². The lowest BCUT2D eigenvalue weighted by atomic mass is 9.76. The van der Waals surface area contributed by atoms with Crippen molar-refractivity contribution in [2.75, 3.05) is 0 Å². The average Bonchev–Trinajstić information content (AvgIpc) is 2.13. The number of hydrogen-bond acceptors (Lipinski definition) is 2. The minimum absolute atomic E-state index is 0.110. The van der Waals surface area contributed by atoms with Crippen LogP contribution in [-0.4, -0.2) is 11.6 Å². The van der Waals surface area contributed by atoms with Gasteiger partial charge in [0.05, 0.1) is 5.60 Å². The van der Waals surface area contributed by atoms with E-state index in [9.17, 15) is 0 Å². The summed E-state index contributed by atoms with van der Waals surface area (Å²) >= 11 is 3.52. The molecule has 0 amide bonds. The zero-order chi connectivity index (χ0) is 12.5. The lowest BCUT2D eigenvalue weighted by Gasteiger charge is -2.37. The van der Waals surface area contributed by atoms with Gasteiger partial charge in [-0.3, -0.25) is 4.84 Å². The Morgan fingerprint density at radius 3 is 2.59 bits per heavy atom. The predicted octanol–water partition coefficient (Wildman–Crippen LogP) is 4.01. The second kappa shape index (κ2) is 5.09. The van der Waals surface area contributed by atoms with Gasteiger partial charge in [-0.2, -0.15) is 5.48 Å². The summed E-state index contributed by atoms with van der Waals surface area (Å²) in [6, 6.07) is 9.09. The SMILES string of the molecule is CC(C)(C)ONC1CC(c2cccc(Br)c2)C1. The second-order valence-electron chi connectivity index (χ2n) is 5.75. The Labute approximate surface area is 112 Å². The van der Waals surface area contributed by atoms with Gasteiger partial charge in [0, 0.05) is 10.5 Å². The highest BCUT2D eigenvalue weighted by Crippen LogP contribution is 2.37. The third kappa shape index (κ3) is 3.80. The Balaban J connectivity index is 1.79. The second-order valence-corrected chi connectivity index (χ2v) is 6.67. The zero-order valence-corrected chi connectivity index (χ0v) is 12.3. The molecule has 1 aromatic carbocycles. The monoisotopic (exact) mass is 297 g/mol. The minimum atomic E-state index is -0.110. The van der Waals surface area contributed by atoms with Crippen LogP contribution in [0.15, 0.2) is 28.7 Å². The molecule has 0 aromatic heterocycles. The zero-order valence-electron chi connectivity index (χ0n) is 10.7. The van der Waals surface area contributed by atoms with Gasteiger partial charge in [-0.1, -0.05) is 28.1 Å². The maximum absolute atomic E-state index is 5.58. The van der Waals surface area contributed by atoms with Gasteiger partial charge < -0.3 is 0 Å². The fraction of sp³-hybridized carbons (Fsp3) is 0.571. The summed E-state index contributed by atoms with van der Waals surface area (Å²) in [5.74, 6) is 0.675. The number of halogens is 1. The molecule has 0 unspecified atom stereocenters. The molecule has 2 rings (SSSR count). The molecule has 1 aliphatic rings. The molecule has 1 aromatic rings. The van der Waals surface area contributed by atoms with Crippen LogP contribution >= 0.6 is 15.9 Å². The van der Waals surface area contributed by atoms with Crippen LogP contribution in [0.3, 0.4) is 0 Å². The molecule has 0 aliphatic heterocycles. The lowest BCUT2D eigenvalue weighted by Crippen LogP contribution is -2.43. The van der Waals surface area contributed by atoms with Crippen LogP contribution in [0.1, 0.15) is 45.1 Å². The molecule has 0 heterocycles. The van der Waals surface area contributed by atoms with Crippen LogP contribution in [0.4, 0.5) is 0 Å². The molecule has 3 heteroatoms. The van der Waals surface area contributed by atoms with Crippen LogP contribution in [-0.2, 0) is 4.84 Å². The Morgan fingerprint density at radius 1 is 1.29 bits per heavy atom. The first kappa shape index (κ1) is 13.1. The van der Waals surface area contributed by atoms with Crippen LogP contribution < -0.4 is 5.48 Å². The van der Waals surface area contributed by atoms with Crippen molar-refractivity contribution in [2.24, 2.45) is 0 Å². The van der Waals surface area contributed by atoms with Gasteiger partial charge in [0.15, 0.2) is 0 Å². The van der Waals surface area contributed by atoms with E-state index in [0.717, 1.165) is 17.3 Å². The van der Waals surface area contributed by atoms with E-state index >= 15 is 0 Å². The van der Waals surface area contributed by atoms with Crippen LogP contribution in [0.5, 0.6) is 0 Å². The molecule has 1 aliphatic carbocycles. The highest BCUT2D eigenvalue weighted by Gasteiger charge is 2.31. The molecule has 17 heavy (non-hydrogen) atoms. The normalized spacial score (nSPS) is 24.5. The smallest absolute Gasteiger partial charge is 0.0813 e. The molecular weight excluding hydrogens is 278 g/mol.